The minimum absolute atomic E-state index is 0.118. The predicted molar refractivity (Wildman–Crippen MR) is 97.9 cm³/mol. The summed E-state index contributed by atoms with van der Waals surface area (Å²) in [5.41, 5.74) is 0.840. The van der Waals surface area contributed by atoms with Crippen LogP contribution in [0.25, 0.3) is 0 Å². The van der Waals surface area contributed by atoms with Gasteiger partial charge >= 0.3 is 6.09 Å². The first-order valence-corrected chi connectivity index (χ1v) is 9.78. The van der Waals surface area contributed by atoms with Crippen LogP contribution in [-0.2, 0) is 10.0 Å². The van der Waals surface area contributed by atoms with Crippen LogP contribution in [-0.4, -0.2) is 26.8 Å². The van der Waals surface area contributed by atoms with E-state index in [1.165, 1.54) is 10.4 Å². The molecule has 1 saturated heterocycles. The molecule has 6 nitrogen and oxygen atoms in total. The second-order valence-corrected chi connectivity index (χ2v) is 8.01. The molecule has 0 bridgehead atoms. The molecule has 25 heavy (non-hydrogen) atoms. The van der Waals surface area contributed by atoms with Crippen molar-refractivity contribution in [1.29, 1.82) is 0 Å². The zero-order chi connectivity index (χ0) is 17.9. The van der Waals surface area contributed by atoms with E-state index in [9.17, 15) is 13.2 Å². The number of carbonyl (C=O) groups is 1. The summed E-state index contributed by atoms with van der Waals surface area (Å²) in [4.78, 5) is 11.9. The Bertz CT molecular complexity index is 871. The molecule has 1 heterocycles. The maximum absolute atomic E-state index is 12.2. The van der Waals surface area contributed by atoms with Crippen LogP contribution < -0.4 is 14.4 Å². The summed E-state index contributed by atoms with van der Waals surface area (Å²) in [7, 11) is -3.34. The van der Waals surface area contributed by atoms with Crippen LogP contribution in [0.4, 0.5) is 16.2 Å². The summed E-state index contributed by atoms with van der Waals surface area (Å²) < 4.78 is 30.8. The number of nitrogens with one attached hydrogen (secondary N) is 1. The minimum Gasteiger partial charge on any atom is -0.410 e. The lowest BCUT2D eigenvalue weighted by molar-refractivity contribution is 0.215. The topological polar surface area (TPSA) is 75.7 Å². The summed E-state index contributed by atoms with van der Waals surface area (Å²) in [6.07, 6.45) is 0.793. The third kappa shape index (κ3) is 4.24. The molecule has 0 radical (unpaired) electrons. The highest BCUT2D eigenvalue weighted by Crippen LogP contribution is 2.32. The quantitative estimate of drug-likeness (QED) is 0.876. The maximum Gasteiger partial charge on any atom is 0.417 e. The number of anilines is 2. The molecule has 1 aliphatic rings. The molecule has 2 aromatic rings. The molecule has 3 rings (SSSR count). The van der Waals surface area contributed by atoms with Crippen LogP contribution in [0.1, 0.15) is 12.8 Å². The van der Waals surface area contributed by atoms with Crippen molar-refractivity contribution < 1.29 is 17.9 Å². The number of halogens is 1. The number of para-hydroxylation sites is 1. The predicted octanol–water partition coefficient (Wildman–Crippen LogP) is 3.88. The fraction of sp³-hybridized carbons (Fsp3) is 0.235. The van der Waals surface area contributed by atoms with Crippen molar-refractivity contribution in [2.75, 3.05) is 21.9 Å². The van der Waals surface area contributed by atoms with E-state index >= 15 is 0 Å². The van der Waals surface area contributed by atoms with E-state index in [4.69, 9.17) is 16.3 Å². The molecule has 8 heteroatoms. The first-order chi connectivity index (χ1) is 12.0. The molecule has 0 spiro atoms. The molecular formula is C17H17ClN2O4S. The maximum atomic E-state index is 12.2. The third-order valence-corrected chi connectivity index (χ3v) is 5.92. The number of ether oxygens (including phenoxy) is 1. The van der Waals surface area contributed by atoms with Gasteiger partial charge in [-0.15, -0.1) is 0 Å². The number of benzene rings is 2. The zero-order valence-corrected chi connectivity index (χ0v) is 14.9. The van der Waals surface area contributed by atoms with E-state index < -0.39 is 16.1 Å². The SMILES string of the molecule is O=C(Nc1ccc(N2CCCCS2(=O)=O)c(Cl)c1)Oc1ccccc1. The van der Waals surface area contributed by atoms with Crippen LogP contribution in [0.5, 0.6) is 5.75 Å². The van der Waals surface area contributed by atoms with Gasteiger partial charge in [-0.1, -0.05) is 29.8 Å². The van der Waals surface area contributed by atoms with Crippen molar-refractivity contribution in [3.05, 3.63) is 53.6 Å². The van der Waals surface area contributed by atoms with E-state index in [2.05, 4.69) is 5.32 Å². The number of hydrogen-bond donors (Lipinski definition) is 1. The molecule has 1 fully saturated rings. The van der Waals surface area contributed by atoms with Gasteiger partial charge in [0.1, 0.15) is 5.75 Å². The highest BCUT2D eigenvalue weighted by Gasteiger charge is 2.27. The molecule has 0 aliphatic carbocycles. The number of sulfonamides is 1. The van der Waals surface area contributed by atoms with Crippen LogP contribution >= 0.6 is 11.6 Å². The molecule has 0 unspecified atom stereocenters. The van der Waals surface area contributed by atoms with Gasteiger partial charge in [-0.05, 0) is 43.2 Å². The minimum atomic E-state index is -3.34. The normalized spacial score (nSPS) is 16.3. The van der Waals surface area contributed by atoms with Crippen molar-refractivity contribution in [3.8, 4) is 5.75 Å². The molecular weight excluding hydrogens is 364 g/mol. The van der Waals surface area contributed by atoms with Crippen LogP contribution in [0.3, 0.4) is 0 Å². The summed E-state index contributed by atoms with van der Waals surface area (Å²) in [5, 5.41) is 2.82. The van der Waals surface area contributed by atoms with E-state index in [1.807, 2.05) is 6.07 Å². The van der Waals surface area contributed by atoms with Crippen molar-refractivity contribution >= 4 is 39.1 Å². The van der Waals surface area contributed by atoms with Gasteiger partial charge in [0.25, 0.3) is 0 Å². The van der Waals surface area contributed by atoms with Gasteiger partial charge in [-0.2, -0.15) is 0 Å². The molecule has 0 aromatic heterocycles. The van der Waals surface area contributed by atoms with Crippen LogP contribution in [0, 0.1) is 0 Å². The van der Waals surface area contributed by atoms with Crippen molar-refractivity contribution in [2.45, 2.75) is 12.8 Å². The molecule has 1 N–H and O–H groups in total. The Kier molecular flexibility index (Phi) is 5.15. The third-order valence-electron chi connectivity index (χ3n) is 3.77. The summed E-state index contributed by atoms with van der Waals surface area (Å²) in [5.74, 6) is 0.536. The molecule has 1 aliphatic heterocycles. The molecule has 0 saturated carbocycles. The Labute approximate surface area is 151 Å². The van der Waals surface area contributed by atoms with Gasteiger partial charge in [0.15, 0.2) is 0 Å². The smallest absolute Gasteiger partial charge is 0.410 e. The summed E-state index contributed by atoms with van der Waals surface area (Å²) in [6, 6.07) is 13.3. The average molecular weight is 381 g/mol. The zero-order valence-electron chi connectivity index (χ0n) is 13.3. The molecule has 1 amide bonds. The second kappa shape index (κ2) is 7.33. The fourth-order valence-corrected chi connectivity index (χ4v) is 4.57. The van der Waals surface area contributed by atoms with Gasteiger partial charge in [0.05, 0.1) is 16.5 Å². The number of carbonyl (C=O) groups excluding carboxylic acids is 1. The first kappa shape index (κ1) is 17.6. The number of hydrogen-bond acceptors (Lipinski definition) is 4. The van der Waals surface area contributed by atoms with Crippen molar-refractivity contribution in [1.82, 2.24) is 0 Å². The Hall–Kier alpha value is -2.25. The average Bonchev–Trinajstić information content (AvgIpc) is 2.56. The number of amides is 1. The van der Waals surface area contributed by atoms with E-state index in [0.717, 1.165) is 6.42 Å². The molecule has 132 valence electrons. The van der Waals surface area contributed by atoms with Crippen LogP contribution in [0.15, 0.2) is 48.5 Å². The number of nitrogens with zero attached hydrogens (tertiary/aromatic N) is 1. The Balaban J connectivity index is 1.72. The Morgan fingerprint density at radius 2 is 1.88 bits per heavy atom. The van der Waals surface area contributed by atoms with Gasteiger partial charge in [-0.25, -0.2) is 13.2 Å². The monoisotopic (exact) mass is 380 g/mol. The van der Waals surface area contributed by atoms with Crippen molar-refractivity contribution in [2.24, 2.45) is 0 Å². The molecule has 0 atom stereocenters. The summed E-state index contributed by atoms with van der Waals surface area (Å²) in [6.45, 7) is 0.408. The summed E-state index contributed by atoms with van der Waals surface area (Å²) >= 11 is 6.24. The lowest BCUT2D eigenvalue weighted by Crippen LogP contribution is -2.38. The number of rotatable bonds is 3. The lowest BCUT2D eigenvalue weighted by Gasteiger charge is -2.29. The largest absolute Gasteiger partial charge is 0.417 e. The van der Waals surface area contributed by atoms with Crippen molar-refractivity contribution in [3.63, 3.8) is 0 Å². The fourth-order valence-electron chi connectivity index (χ4n) is 2.59. The van der Waals surface area contributed by atoms with E-state index in [1.54, 1.807) is 36.4 Å². The molecule has 2 aromatic carbocycles. The van der Waals surface area contributed by atoms with Crippen LogP contribution in [0.2, 0.25) is 5.02 Å². The highest BCUT2D eigenvalue weighted by molar-refractivity contribution is 7.92. The Morgan fingerprint density at radius 3 is 2.56 bits per heavy atom. The van der Waals surface area contributed by atoms with Gasteiger partial charge in [0.2, 0.25) is 10.0 Å². The van der Waals surface area contributed by atoms with E-state index in [0.29, 0.717) is 30.1 Å². The lowest BCUT2D eigenvalue weighted by atomic mass is 10.2. The first-order valence-electron chi connectivity index (χ1n) is 7.79. The Morgan fingerprint density at radius 1 is 1.12 bits per heavy atom. The van der Waals surface area contributed by atoms with E-state index in [-0.39, 0.29) is 10.8 Å². The standard InChI is InChI=1S/C17H17ClN2O4S/c18-15-12-13(19-17(21)24-14-6-2-1-3-7-14)8-9-16(15)20-10-4-5-11-25(20,22)23/h1-3,6-9,12H,4-5,10-11H2,(H,19,21). The highest BCUT2D eigenvalue weighted by atomic mass is 35.5. The van der Waals surface area contributed by atoms with Gasteiger partial charge in [-0.3, -0.25) is 9.62 Å². The second-order valence-electron chi connectivity index (χ2n) is 5.59. The van der Waals surface area contributed by atoms with Gasteiger partial charge in [0, 0.05) is 12.2 Å². The van der Waals surface area contributed by atoms with Gasteiger partial charge < -0.3 is 4.74 Å².